The molecule has 0 bridgehead atoms. The van der Waals surface area contributed by atoms with Crippen LogP contribution in [0.4, 0.5) is 11.4 Å². The Morgan fingerprint density at radius 2 is 1.28 bits per heavy atom. The maximum absolute atomic E-state index is 2.47. The van der Waals surface area contributed by atoms with Gasteiger partial charge in [0.15, 0.2) is 0 Å². The van der Waals surface area contributed by atoms with Crippen molar-refractivity contribution in [3.8, 4) is 0 Å². The van der Waals surface area contributed by atoms with Crippen LogP contribution in [0.25, 0.3) is 0 Å². The first-order valence-corrected chi connectivity index (χ1v) is 8.51. The lowest BCUT2D eigenvalue weighted by Gasteiger charge is -2.38. The van der Waals surface area contributed by atoms with Gasteiger partial charge in [0.1, 0.15) is 8.80 Å². The third-order valence-corrected chi connectivity index (χ3v) is 6.11. The molecular formula is C16H18NSi. The van der Waals surface area contributed by atoms with E-state index in [1.807, 2.05) is 0 Å². The van der Waals surface area contributed by atoms with E-state index in [0.29, 0.717) is 6.04 Å². The highest BCUT2D eigenvalue weighted by Crippen LogP contribution is 2.29. The number of rotatable bonds is 1. The highest BCUT2D eigenvalue weighted by molar-refractivity contribution is 6.87. The zero-order chi connectivity index (χ0) is 12.7. The van der Waals surface area contributed by atoms with E-state index in [4.69, 9.17) is 0 Å². The van der Waals surface area contributed by atoms with Gasteiger partial charge in [0.25, 0.3) is 0 Å². The molecule has 1 aliphatic heterocycles. The van der Waals surface area contributed by atoms with Gasteiger partial charge in [0.2, 0.25) is 0 Å². The van der Waals surface area contributed by atoms with Crippen molar-refractivity contribution in [1.82, 2.24) is 0 Å². The molecule has 0 saturated carbocycles. The second-order valence-electron chi connectivity index (χ2n) is 5.12. The van der Waals surface area contributed by atoms with Crippen LogP contribution in [-0.4, -0.2) is 14.8 Å². The molecule has 3 rings (SSSR count). The van der Waals surface area contributed by atoms with E-state index in [2.05, 4.69) is 73.8 Å². The number of hydrogen-bond donors (Lipinski definition) is 0. The first-order chi connectivity index (χ1) is 8.70. The lowest BCUT2D eigenvalue weighted by molar-refractivity contribution is 0.791. The van der Waals surface area contributed by atoms with Crippen LogP contribution in [0.5, 0.6) is 0 Å². The van der Waals surface area contributed by atoms with Crippen LogP contribution in [0.1, 0.15) is 13.8 Å². The summed E-state index contributed by atoms with van der Waals surface area (Å²) in [5, 5.41) is 3.07. The normalized spacial score (nSPS) is 14.6. The van der Waals surface area contributed by atoms with E-state index in [0.717, 1.165) is 0 Å². The summed E-state index contributed by atoms with van der Waals surface area (Å²) in [4.78, 5) is 2.47. The zero-order valence-electron chi connectivity index (χ0n) is 11.1. The molecule has 1 radical (unpaired) electrons. The van der Waals surface area contributed by atoms with Crippen molar-refractivity contribution in [2.75, 3.05) is 4.90 Å². The van der Waals surface area contributed by atoms with Gasteiger partial charge in [-0.25, -0.2) is 0 Å². The summed E-state index contributed by atoms with van der Waals surface area (Å²) in [7, 11) is -0.614. The third kappa shape index (κ3) is 1.60. The molecule has 2 aromatic rings. The Hall–Kier alpha value is -1.54. The Morgan fingerprint density at radius 3 is 1.72 bits per heavy atom. The van der Waals surface area contributed by atoms with Crippen molar-refractivity contribution in [2.24, 2.45) is 0 Å². The molecule has 91 valence electrons. The Kier molecular flexibility index (Phi) is 2.75. The lowest BCUT2D eigenvalue weighted by atomic mass is 10.1. The Bertz CT molecular complexity index is 529. The summed E-state index contributed by atoms with van der Waals surface area (Å²) in [5.74, 6) is 0. The topological polar surface area (TPSA) is 3.24 Å². The Balaban J connectivity index is 2.26. The molecule has 1 nitrogen and oxygen atoms in total. The summed E-state index contributed by atoms with van der Waals surface area (Å²) in [6.45, 7) is 6.93. The number of fused-ring (bicyclic) bond motifs is 2. The van der Waals surface area contributed by atoms with Crippen molar-refractivity contribution in [2.45, 2.75) is 26.4 Å². The van der Waals surface area contributed by atoms with Crippen LogP contribution in [0.3, 0.4) is 0 Å². The van der Waals surface area contributed by atoms with Crippen molar-refractivity contribution in [3.63, 3.8) is 0 Å². The summed E-state index contributed by atoms with van der Waals surface area (Å²) in [6, 6.07) is 18.2. The quantitative estimate of drug-likeness (QED) is 0.706. The van der Waals surface area contributed by atoms with Gasteiger partial charge in [0, 0.05) is 17.4 Å². The SMILES string of the molecule is CC(C)N1c2ccccc2[Si](C)c2ccccc21. The van der Waals surface area contributed by atoms with E-state index in [1.165, 1.54) is 21.7 Å². The summed E-state index contributed by atoms with van der Waals surface area (Å²) in [6.07, 6.45) is 0. The van der Waals surface area contributed by atoms with Gasteiger partial charge in [-0.15, -0.1) is 0 Å². The number of hydrogen-bond acceptors (Lipinski definition) is 1. The Labute approximate surface area is 111 Å². The van der Waals surface area contributed by atoms with Gasteiger partial charge in [-0.1, -0.05) is 42.9 Å². The predicted molar refractivity (Wildman–Crippen MR) is 81.0 cm³/mol. The summed E-state index contributed by atoms with van der Waals surface area (Å²) < 4.78 is 0. The molecule has 0 atom stereocenters. The second kappa shape index (κ2) is 4.29. The fourth-order valence-electron chi connectivity index (χ4n) is 2.83. The van der Waals surface area contributed by atoms with E-state index in [9.17, 15) is 0 Å². The second-order valence-corrected chi connectivity index (χ2v) is 7.45. The van der Waals surface area contributed by atoms with Gasteiger partial charge in [-0.3, -0.25) is 0 Å². The Morgan fingerprint density at radius 1 is 0.833 bits per heavy atom. The van der Waals surface area contributed by atoms with E-state index >= 15 is 0 Å². The van der Waals surface area contributed by atoms with Gasteiger partial charge < -0.3 is 4.90 Å². The predicted octanol–water partition coefficient (Wildman–Crippen LogP) is 2.79. The monoisotopic (exact) mass is 252 g/mol. The lowest BCUT2D eigenvalue weighted by Crippen LogP contribution is -2.50. The highest BCUT2D eigenvalue weighted by atomic mass is 28.3. The van der Waals surface area contributed by atoms with Crippen LogP contribution in [0.15, 0.2) is 48.5 Å². The molecule has 0 aliphatic carbocycles. The fraction of sp³-hybridized carbons (Fsp3) is 0.250. The molecule has 0 spiro atoms. The minimum absolute atomic E-state index is 0.488. The van der Waals surface area contributed by atoms with Crippen LogP contribution in [0.2, 0.25) is 6.55 Å². The molecule has 0 saturated heterocycles. The standard InChI is InChI=1S/C16H18NSi/c1-12(2)17-13-8-4-6-10-15(13)18(3)16-11-7-5-9-14(16)17/h4-12H,1-3H3. The first kappa shape index (κ1) is 11.5. The molecular weight excluding hydrogens is 234 g/mol. The summed E-state index contributed by atoms with van der Waals surface area (Å²) >= 11 is 0. The average molecular weight is 252 g/mol. The molecule has 1 heterocycles. The molecule has 18 heavy (non-hydrogen) atoms. The molecule has 0 amide bonds. The first-order valence-electron chi connectivity index (χ1n) is 6.51. The number of para-hydroxylation sites is 2. The van der Waals surface area contributed by atoms with E-state index in [-0.39, 0.29) is 0 Å². The largest absolute Gasteiger partial charge is 0.339 e. The minimum atomic E-state index is -0.614. The summed E-state index contributed by atoms with van der Waals surface area (Å²) in [5.41, 5.74) is 2.81. The van der Waals surface area contributed by atoms with Crippen LogP contribution >= 0.6 is 0 Å². The fourth-order valence-corrected chi connectivity index (χ4v) is 4.99. The molecule has 0 aromatic heterocycles. The van der Waals surface area contributed by atoms with Crippen LogP contribution in [0, 0.1) is 0 Å². The molecule has 0 fully saturated rings. The smallest absolute Gasteiger partial charge is 0.123 e. The molecule has 0 N–H and O–H groups in total. The van der Waals surface area contributed by atoms with Crippen molar-refractivity contribution >= 4 is 30.5 Å². The van der Waals surface area contributed by atoms with Crippen LogP contribution in [-0.2, 0) is 0 Å². The number of benzene rings is 2. The van der Waals surface area contributed by atoms with Crippen molar-refractivity contribution in [3.05, 3.63) is 48.5 Å². The van der Waals surface area contributed by atoms with Crippen molar-refractivity contribution < 1.29 is 0 Å². The van der Waals surface area contributed by atoms with Gasteiger partial charge in [-0.2, -0.15) is 0 Å². The zero-order valence-corrected chi connectivity index (χ0v) is 12.1. The highest BCUT2D eigenvalue weighted by Gasteiger charge is 2.29. The van der Waals surface area contributed by atoms with Gasteiger partial charge in [0.05, 0.1) is 0 Å². The maximum Gasteiger partial charge on any atom is 0.123 e. The van der Waals surface area contributed by atoms with E-state index in [1.54, 1.807) is 0 Å². The molecule has 2 aromatic carbocycles. The van der Waals surface area contributed by atoms with E-state index < -0.39 is 8.80 Å². The molecule has 2 heteroatoms. The maximum atomic E-state index is 2.47. The third-order valence-electron chi connectivity index (χ3n) is 3.65. The van der Waals surface area contributed by atoms with Gasteiger partial charge >= 0.3 is 0 Å². The molecule has 1 aliphatic rings. The minimum Gasteiger partial charge on any atom is -0.339 e. The van der Waals surface area contributed by atoms with Gasteiger partial charge in [-0.05, 0) is 36.4 Å². The molecule has 0 unspecified atom stereocenters. The number of anilines is 2. The number of nitrogens with zero attached hydrogens (tertiary/aromatic N) is 1. The van der Waals surface area contributed by atoms with Crippen molar-refractivity contribution in [1.29, 1.82) is 0 Å². The average Bonchev–Trinajstić information content (AvgIpc) is 2.39. The van der Waals surface area contributed by atoms with Crippen LogP contribution < -0.4 is 15.3 Å².